The summed E-state index contributed by atoms with van der Waals surface area (Å²) in [5.74, 6) is 0.545. The molecular weight excluding hydrogens is 212 g/mol. The number of aromatic hydroxyl groups is 1. The first-order chi connectivity index (χ1) is 7.92. The zero-order valence-electron chi connectivity index (χ0n) is 10.6. The SMILES string of the molecule is Cc1cc(/C=C/C(=O)C2(C)CC2)cc(C)c1O. The van der Waals surface area contributed by atoms with Crippen LogP contribution in [0.25, 0.3) is 6.08 Å². The second kappa shape index (κ2) is 4.02. The summed E-state index contributed by atoms with van der Waals surface area (Å²) in [5.41, 5.74) is 2.55. The number of aryl methyl sites for hydroxylation is 2. The average Bonchev–Trinajstić information content (AvgIpc) is 3.02. The molecule has 2 rings (SSSR count). The second-order valence-corrected chi connectivity index (χ2v) is 5.26. The molecule has 1 aromatic rings. The number of phenols is 1. The van der Waals surface area contributed by atoms with Crippen LogP contribution in [0.4, 0.5) is 0 Å². The number of allylic oxidation sites excluding steroid dienone is 1. The zero-order valence-corrected chi connectivity index (χ0v) is 10.6. The Balaban J connectivity index is 2.19. The maximum absolute atomic E-state index is 11.8. The Bertz CT molecular complexity index is 471. The number of carbonyl (C=O) groups is 1. The fourth-order valence-corrected chi connectivity index (χ4v) is 1.89. The molecule has 17 heavy (non-hydrogen) atoms. The van der Waals surface area contributed by atoms with Crippen molar-refractivity contribution in [3.63, 3.8) is 0 Å². The number of phenolic OH excluding ortho intramolecular Hbond substituents is 1. The third-order valence-electron chi connectivity index (χ3n) is 3.54. The Morgan fingerprint density at radius 1 is 1.29 bits per heavy atom. The highest BCUT2D eigenvalue weighted by molar-refractivity contribution is 5.99. The van der Waals surface area contributed by atoms with Crippen molar-refractivity contribution in [3.05, 3.63) is 34.9 Å². The summed E-state index contributed by atoms with van der Waals surface area (Å²) < 4.78 is 0. The minimum absolute atomic E-state index is 0.0997. The summed E-state index contributed by atoms with van der Waals surface area (Å²) in [7, 11) is 0. The molecule has 0 heterocycles. The highest BCUT2D eigenvalue weighted by atomic mass is 16.3. The standard InChI is InChI=1S/C15H18O2/c1-10-8-12(9-11(2)14(10)17)4-5-13(16)15(3)6-7-15/h4-5,8-9,17H,6-7H2,1-3H3/b5-4+. The van der Waals surface area contributed by atoms with Crippen LogP contribution in [-0.4, -0.2) is 10.9 Å². The Morgan fingerprint density at radius 3 is 2.29 bits per heavy atom. The van der Waals surface area contributed by atoms with E-state index in [0.717, 1.165) is 29.5 Å². The van der Waals surface area contributed by atoms with E-state index in [-0.39, 0.29) is 11.2 Å². The molecule has 1 N–H and O–H groups in total. The molecule has 1 aromatic carbocycles. The van der Waals surface area contributed by atoms with Gasteiger partial charge in [0.1, 0.15) is 5.75 Å². The fraction of sp³-hybridized carbons (Fsp3) is 0.400. The number of benzene rings is 1. The van der Waals surface area contributed by atoms with Gasteiger partial charge in [0.2, 0.25) is 0 Å². The molecule has 2 nitrogen and oxygen atoms in total. The van der Waals surface area contributed by atoms with Crippen molar-refractivity contribution in [1.82, 2.24) is 0 Å². The minimum atomic E-state index is -0.0997. The van der Waals surface area contributed by atoms with Gasteiger partial charge in [-0.1, -0.05) is 13.0 Å². The molecule has 0 atom stereocenters. The highest BCUT2D eigenvalue weighted by Gasteiger charge is 2.42. The van der Waals surface area contributed by atoms with E-state index in [1.807, 2.05) is 39.0 Å². The molecule has 0 radical (unpaired) electrons. The maximum atomic E-state index is 11.8. The van der Waals surface area contributed by atoms with Gasteiger partial charge in [-0.15, -0.1) is 0 Å². The first kappa shape index (κ1) is 11.9. The summed E-state index contributed by atoms with van der Waals surface area (Å²) in [6, 6.07) is 3.78. The van der Waals surface area contributed by atoms with Gasteiger partial charge in [0, 0.05) is 5.41 Å². The number of hydrogen-bond acceptors (Lipinski definition) is 2. The number of ketones is 1. The van der Waals surface area contributed by atoms with Crippen LogP contribution in [0.3, 0.4) is 0 Å². The smallest absolute Gasteiger partial charge is 0.161 e. The van der Waals surface area contributed by atoms with E-state index in [2.05, 4.69) is 0 Å². The normalized spacial score (nSPS) is 17.4. The summed E-state index contributed by atoms with van der Waals surface area (Å²) in [6.45, 7) is 5.74. The van der Waals surface area contributed by atoms with Crippen molar-refractivity contribution in [3.8, 4) is 5.75 Å². The predicted octanol–water partition coefficient (Wildman–Crippen LogP) is 3.39. The van der Waals surface area contributed by atoms with E-state index in [1.54, 1.807) is 6.08 Å². The van der Waals surface area contributed by atoms with E-state index in [4.69, 9.17) is 0 Å². The van der Waals surface area contributed by atoms with Crippen molar-refractivity contribution in [1.29, 1.82) is 0 Å². The van der Waals surface area contributed by atoms with Gasteiger partial charge in [0.05, 0.1) is 0 Å². The fourth-order valence-electron chi connectivity index (χ4n) is 1.89. The Morgan fingerprint density at radius 2 is 1.82 bits per heavy atom. The molecule has 1 aliphatic rings. The molecule has 0 amide bonds. The lowest BCUT2D eigenvalue weighted by molar-refractivity contribution is -0.118. The van der Waals surface area contributed by atoms with Crippen LogP contribution in [-0.2, 0) is 4.79 Å². The van der Waals surface area contributed by atoms with Gasteiger partial charge in [-0.2, -0.15) is 0 Å². The Labute approximate surface area is 102 Å². The Hall–Kier alpha value is -1.57. The van der Waals surface area contributed by atoms with Gasteiger partial charge >= 0.3 is 0 Å². The quantitative estimate of drug-likeness (QED) is 0.808. The molecule has 2 heteroatoms. The summed E-state index contributed by atoms with van der Waals surface area (Å²) in [5, 5.41) is 9.66. The monoisotopic (exact) mass is 230 g/mol. The molecule has 90 valence electrons. The van der Waals surface area contributed by atoms with Gasteiger partial charge in [0.25, 0.3) is 0 Å². The molecule has 0 spiro atoms. The summed E-state index contributed by atoms with van der Waals surface area (Å²) in [4.78, 5) is 11.8. The van der Waals surface area contributed by atoms with Crippen LogP contribution in [0.1, 0.15) is 36.5 Å². The zero-order chi connectivity index (χ0) is 12.6. The topological polar surface area (TPSA) is 37.3 Å². The van der Waals surface area contributed by atoms with Gasteiger partial charge in [-0.3, -0.25) is 4.79 Å². The van der Waals surface area contributed by atoms with E-state index in [1.165, 1.54) is 0 Å². The molecule has 1 fully saturated rings. The van der Waals surface area contributed by atoms with E-state index in [9.17, 15) is 9.90 Å². The maximum Gasteiger partial charge on any atom is 0.161 e. The van der Waals surface area contributed by atoms with Crippen molar-refractivity contribution in [2.75, 3.05) is 0 Å². The Kier molecular flexibility index (Phi) is 2.82. The third kappa shape index (κ3) is 2.41. The van der Waals surface area contributed by atoms with Crippen LogP contribution >= 0.6 is 0 Å². The molecule has 1 aliphatic carbocycles. The van der Waals surface area contributed by atoms with E-state index >= 15 is 0 Å². The molecule has 0 saturated heterocycles. The number of rotatable bonds is 3. The summed E-state index contributed by atoms with van der Waals surface area (Å²) >= 11 is 0. The minimum Gasteiger partial charge on any atom is -0.507 e. The largest absolute Gasteiger partial charge is 0.507 e. The molecule has 0 bridgehead atoms. The third-order valence-corrected chi connectivity index (χ3v) is 3.54. The molecule has 0 aliphatic heterocycles. The van der Waals surface area contributed by atoms with E-state index < -0.39 is 0 Å². The lowest BCUT2D eigenvalue weighted by Crippen LogP contribution is -2.07. The first-order valence-electron chi connectivity index (χ1n) is 5.95. The lowest BCUT2D eigenvalue weighted by atomic mass is 10.0. The van der Waals surface area contributed by atoms with Crippen LogP contribution in [0.2, 0.25) is 0 Å². The second-order valence-electron chi connectivity index (χ2n) is 5.26. The van der Waals surface area contributed by atoms with Crippen LogP contribution in [0, 0.1) is 19.3 Å². The van der Waals surface area contributed by atoms with Crippen LogP contribution < -0.4 is 0 Å². The number of hydrogen-bond donors (Lipinski definition) is 1. The van der Waals surface area contributed by atoms with Gasteiger partial charge < -0.3 is 5.11 Å². The average molecular weight is 230 g/mol. The molecule has 1 saturated carbocycles. The predicted molar refractivity (Wildman–Crippen MR) is 69.0 cm³/mol. The van der Waals surface area contributed by atoms with Gasteiger partial charge in [0.15, 0.2) is 5.78 Å². The number of carbonyl (C=O) groups excluding carboxylic acids is 1. The van der Waals surface area contributed by atoms with Gasteiger partial charge in [-0.05, 0) is 61.6 Å². The van der Waals surface area contributed by atoms with Crippen molar-refractivity contribution >= 4 is 11.9 Å². The van der Waals surface area contributed by atoms with Crippen molar-refractivity contribution < 1.29 is 9.90 Å². The highest BCUT2D eigenvalue weighted by Crippen LogP contribution is 2.46. The van der Waals surface area contributed by atoms with Crippen LogP contribution in [0.5, 0.6) is 5.75 Å². The molecular formula is C15H18O2. The lowest BCUT2D eigenvalue weighted by Gasteiger charge is -2.05. The molecule has 0 aromatic heterocycles. The van der Waals surface area contributed by atoms with E-state index in [0.29, 0.717) is 5.75 Å². The molecule has 0 unspecified atom stereocenters. The first-order valence-corrected chi connectivity index (χ1v) is 5.95. The summed E-state index contributed by atoms with van der Waals surface area (Å²) in [6.07, 6.45) is 5.51. The van der Waals surface area contributed by atoms with Crippen LogP contribution in [0.15, 0.2) is 18.2 Å². The van der Waals surface area contributed by atoms with Crippen molar-refractivity contribution in [2.24, 2.45) is 5.41 Å². The van der Waals surface area contributed by atoms with Gasteiger partial charge in [-0.25, -0.2) is 0 Å². The van der Waals surface area contributed by atoms with Crippen molar-refractivity contribution in [2.45, 2.75) is 33.6 Å².